The second-order valence-electron chi connectivity index (χ2n) is 2.99. The van der Waals surface area contributed by atoms with Gasteiger partial charge in [-0.25, -0.2) is 13.8 Å². The van der Waals surface area contributed by atoms with Crippen LogP contribution in [-0.2, 0) is 12.6 Å². The van der Waals surface area contributed by atoms with E-state index >= 15 is 0 Å². The zero-order chi connectivity index (χ0) is 13.2. The maximum atomic E-state index is 12.5. The van der Waals surface area contributed by atoms with Gasteiger partial charge in [-0.1, -0.05) is 11.6 Å². The minimum absolute atomic E-state index is 0.188. The van der Waals surface area contributed by atoms with Gasteiger partial charge >= 0.3 is 6.18 Å². The molecular formula is C9H4ClF5N2. The molecule has 0 saturated heterocycles. The van der Waals surface area contributed by atoms with Crippen LogP contribution in [0.15, 0.2) is 6.07 Å². The summed E-state index contributed by atoms with van der Waals surface area (Å²) in [6.07, 6.45) is -8.59. The predicted molar refractivity (Wildman–Crippen MR) is 48.5 cm³/mol. The third-order valence-electron chi connectivity index (χ3n) is 1.83. The van der Waals surface area contributed by atoms with Crippen molar-refractivity contribution >= 4 is 11.6 Å². The highest BCUT2D eigenvalue weighted by Crippen LogP contribution is 2.35. The van der Waals surface area contributed by atoms with Crippen molar-refractivity contribution in [3.63, 3.8) is 0 Å². The molecule has 8 heteroatoms. The summed E-state index contributed by atoms with van der Waals surface area (Å²) >= 11 is 5.44. The fourth-order valence-corrected chi connectivity index (χ4v) is 1.35. The number of nitriles is 1. The Bertz CT molecular complexity index is 464. The highest BCUT2D eigenvalue weighted by molar-refractivity contribution is 6.32. The number of nitrogens with zero attached hydrogens (tertiary/aromatic N) is 2. The van der Waals surface area contributed by atoms with Crippen molar-refractivity contribution in [1.82, 2.24) is 4.98 Å². The van der Waals surface area contributed by atoms with Crippen molar-refractivity contribution in [2.45, 2.75) is 19.0 Å². The molecule has 0 aliphatic heterocycles. The second-order valence-corrected chi connectivity index (χ2v) is 3.37. The maximum Gasteiger partial charge on any atom is 0.433 e. The number of hydrogen-bond acceptors (Lipinski definition) is 2. The Balaban J connectivity index is 3.43. The molecule has 0 saturated carbocycles. The summed E-state index contributed by atoms with van der Waals surface area (Å²) in [6, 6.07) is 1.70. The normalized spacial score (nSPS) is 11.6. The molecule has 1 heterocycles. The molecule has 0 aromatic carbocycles. The molecule has 92 valence electrons. The third-order valence-corrected chi connectivity index (χ3v) is 2.26. The molecule has 0 amide bonds. The minimum Gasteiger partial charge on any atom is -0.246 e. The molecule has 0 N–H and O–H groups in total. The molecule has 0 spiro atoms. The minimum atomic E-state index is -4.86. The van der Waals surface area contributed by atoms with Gasteiger partial charge < -0.3 is 0 Å². The first-order valence-electron chi connectivity index (χ1n) is 4.19. The fraction of sp³-hybridized carbons (Fsp3) is 0.333. The lowest BCUT2D eigenvalue weighted by Crippen LogP contribution is -2.11. The Labute approximate surface area is 97.6 Å². The van der Waals surface area contributed by atoms with Crippen molar-refractivity contribution in [2.75, 3.05) is 0 Å². The van der Waals surface area contributed by atoms with E-state index in [1.54, 1.807) is 0 Å². The first-order chi connectivity index (χ1) is 7.77. The van der Waals surface area contributed by atoms with Gasteiger partial charge in [0.05, 0.1) is 23.2 Å². The van der Waals surface area contributed by atoms with Crippen LogP contribution in [-0.4, -0.2) is 4.98 Å². The summed E-state index contributed by atoms with van der Waals surface area (Å²) in [6.45, 7) is 0. The number of rotatable bonds is 2. The molecule has 0 aliphatic carbocycles. The molecule has 0 bridgehead atoms. The zero-order valence-corrected chi connectivity index (χ0v) is 8.78. The summed E-state index contributed by atoms with van der Waals surface area (Å²) in [7, 11) is 0. The van der Waals surface area contributed by atoms with Gasteiger partial charge in [0.2, 0.25) is 0 Å². The lowest BCUT2D eigenvalue weighted by molar-refractivity contribution is -0.141. The number of aromatic nitrogens is 1. The summed E-state index contributed by atoms with van der Waals surface area (Å²) in [5.41, 5.74) is -2.96. The number of pyridine rings is 1. The second kappa shape index (κ2) is 4.84. The molecule has 0 atom stereocenters. The Morgan fingerprint density at radius 3 is 2.41 bits per heavy atom. The highest BCUT2D eigenvalue weighted by atomic mass is 35.5. The van der Waals surface area contributed by atoms with Gasteiger partial charge in [0.25, 0.3) is 6.43 Å². The van der Waals surface area contributed by atoms with E-state index in [1.807, 2.05) is 0 Å². The van der Waals surface area contributed by atoms with E-state index < -0.39 is 41.0 Å². The SMILES string of the molecule is N#CCc1nc(C(F)(F)F)cc(C(F)F)c1Cl. The highest BCUT2D eigenvalue weighted by Gasteiger charge is 2.35. The molecule has 1 aromatic rings. The predicted octanol–water partition coefficient (Wildman–Crippen LogP) is 3.76. The van der Waals surface area contributed by atoms with Gasteiger partial charge in [-0.2, -0.15) is 18.4 Å². The molecule has 0 radical (unpaired) electrons. The summed E-state index contributed by atoms with van der Waals surface area (Å²) < 4.78 is 62.0. The third kappa shape index (κ3) is 3.03. The van der Waals surface area contributed by atoms with Crippen molar-refractivity contribution in [3.05, 3.63) is 28.0 Å². The summed E-state index contributed by atoms with van der Waals surface area (Å²) in [5, 5.41) is 7.75. The van der Waals surface area contributed by atoms with Crippen LogP contribution < -0.4 is 0 Å². The van der Waals surface area contributed by atoms with E-state index in [-0.39, 0.29) is 6.07 Å². The van der Waals surface area contributed by atoms with E-state index in [0.717, 1.165) is 0 Å². The molecule has 1 aromatic heterocycles. The van der Waals surface area contributed by atoms with Crippen molar-refractivity contribution in [2.24, 2.45) is 0 Å². The van der Waals surface area contributed by atoms with Crippen molar-refractivity contribution in [1.29, 1.82) is 5.26 Å². The molecule has 17 heavy (non-hydrogen) atoms. The smallest absolute Gasteiger partial charge is 0.246 e. The lowest BCUT2D eigenvalue weighted by Gasteiger charge is -2.12. The standard InChI is InChI=1S/C9H4ClF5N2/c10-7-4(8(11)12)3-6(9(13,14)15)17-5(7)1-2-16/h3,8H,1H2. The molecule has 0 fully saturated rings. The number of alkyl halides is 5. The summed E-state index contributed by atoms with van der Waals surface area (Å²) in [5.74, 6) is 0. The average molecular weight is 271 g/mol. The largest absolute Gasteiger partial charge is 0.433 e. The van der Waals surface area contributed by atoms with Crippen LogP contribution in [0.3, 0.4) is 0 Å². The Hall–Kier alpha value is -1.42. The Morgan fingerprint density at radius 2 is 2.00 bits per heavy atom. The molecular weight excluding hydrogens is 267 g/mol. The number of halogens is 6. The van der Waals surface area contributed by atoms with Gasteiger partial charge in [0.15, 0.2) is 0 Å². The van der Waals surface area contributed by atoms with E-state index in [1.165, 1.54) is 6.07 Å². The topological polar surface area (TPSA) is 36.7 Å². The number of hydrogen-bond donors (Lipinski definition) is 0. The Kier molecular flexibility index (Phi) is 3.88. The summed E-state index contributed by atoms with van der Waals surface area (Å²) in [4.78, 5) is 3.06. The van der Waals surface area contributed by atoms with Crippen LogP contribution in [0.1, 0.15) is 23.4 Å². The van der Waals surface area contributed by atoms with Crippen LogP contribution in [0.25, 0.3) is 0 Å². The van der Waals surface area contributed by atoms with Crippen LogP contribution in [0.4, 0.5) is 22.0 Å². The van der Waals surface area contributed by atoms with E-state index in [0.29, 0.717) is 0 Å². The average Bonchev–Trinajstić information content (AvgIpc) is 2.19. The first kappa shape index (κ1) is 13.6. The monoisotopic (exact) mass is 270 g/mol. The van der Waals surface area contributed by atoms with Crippen molar-refractivity contribution in [3.8, 4) is 6.07 Å². The van der Waals surface area contributed by atoms with Crippen LogP contribution in [0.2, 0.25) is 5.02 Å². The van der Waals surface area contributed by atoms with Gasteiger partial charge in [0.1, 0.15) is 5.69 Å². The van der Waals surface area contributed by atoms with Gasteiger partial charge in [-0.05, 0) is 6.07 Å². The lowest BCUT2D eigenvalue weighted by atomic mass is 10.1. The molecule has 1 rings (SSSR count). The van der Waals surface area contributed by atoms with Gasteiger partial charge in [0, 0.05) is 5.56 Å². The molecule has 2 nitrogen and oxygen atoms in total. The first-order valence-corrected chi connectivity index (χ1v) is 4.56. The van der Waals surface area contributed by atoms with Gasteiger partial charge in [-0.15, -0.1) is 0 Å². The van der Waals surface area contributed by atoms with E-state index in [9.17, 15) is 22.0 Å². The quantitative estimate of drug-likeness (QED) is 0.767. The molecule has 0 aliphatic rings. The molecule has 0 unspecified atom stereocenters. The van der Waals surface area contributed by atoms with E-state index in [4.69, 9.17) is 16.9 Å². The fourth-order valence-electron chi connectivity index (χ4n) is 1.10. The van der Waals surface area contributed by atoms with Crippen LogP contribution >= 0.6 is 11.6 Å². The maximum absolute atomic E-state index is 12.5. The Morgan fingerprint density at radius 1 is 1.41 bits per heavy atom. The van der Waals surface area contributed by atoms with Crippen LogP contribution in [0.5, 0.6) is 0 Å². The van der Waals surface area contributed by atoms with Gasteiger partial charge in [-0.3, -0.25) is 0 Å². The van der Waals surface area contributed by atoms with Crippen molar-refractivity contribution < 1.29 is 22.0 Å². The van der Waals surface area contributed by atoms with E-state index in [2.05, 4.69) is 4.98 Å². The zero-order valence-electron chi connectivity index (χ0n) is 8.02. The van der Waals surface area contributed by atoms with Crippen LogP contribution in [0, 0.1) is 11.3 Å².